The molecule has 0 saturated carbocycles. The van der Waals surface area contributed by atoms with Crippen LogP contribution in [-0.2, 0) is 19.8 Å². The van der Waals surface area contributed by atoms with Crippen molar-refractivity contribution in [1.29, 1.82) is 0 Å². The van der Waals surface area contributed by atoms with E-state index in [2.05, 4.69) is 26.1 Å². The maximum atomic E-state index is 13.0. The van der Waals surface area contributed by atoms with E-state index in [9.17, 15) is 12.6 Å². The molecule has 3 rings (SSSR count). The minimum atomic E-state index is -3.69. The molecule has 160 valence electrons. The van der Waals surface area contributed by atoms with Gasteiger partial charge in [0, 0.05) is 49.7 Å². The topological polar surface area (TPSA) is 109 Å². The summed E-state index contributed by atoms with van der Waals surface area (Å²) in [6, 6.07) is 9.97. The standard InChI is InChI=1S/C20H25N5O3S2/c1-4-5-17-15-24(30(27,28)19-10-11-20(21)23-14-19)12-13-25(17)16-6-8-18(9-7-16)29(3,26)22-2/h6-11,14,17H,12-13,15H2,1-3H3,(H2,21,23)/t17-,29-/m0/s1. The van der Waals surface area contributed by atoms with Gasteiger partial charge >= 0.3 is 0 Å². The summed E-state index contributed by atoms with van der Waals surface area (Å²) in [5, 5.41) is 0. The first-order valence-corrected chi connectivity index (χ1v) is 12.7. The van der Waals surface area contributed by atoms with Gasteiger partial charge in [0.1, 0.15) is 16.8 Å². The van der Waals surface area contributed by atoms with Crippen LogP contribution in [0.3, 0.4) is 0 Å². The molecule has 1 aliphatic heterocycles. The Morgan fingerprint density at radius 2 is 1.77 bits per heavy atom. The highest BCUT2D eigenvalue weighted by atomic mass is 32.2. The molecule has 1 aromatic carbocycles. The van der Waals surface area contributed by atoms with Crippen molar-refractivity contribution in [2.75, 3.05) is 43.6 Å². The summed E-state index contributed by atoms with van der Waals surface area (Å²) < 4.78 is 43.8. The van der Waals surface area contributed by atoms with Crippen molar-refractivity contribution in [3.05, 3.63) is 42.6 Å². The molecular weight excluding hydrogens is 422 g/mol. The van der Waals surface area contributed by atoms with Crippen LogP contribution in [0.25, 0.3) is 0 Å². The molecule has 0 spiro atoms. The van der Waals surface area contributed by atoms with Crippen LogP contribution in [0, 0.1) is 11.8 Å². The number of pyridine rings is 1. The summed E-state index contributed by atoms with van der Waals surface area (Å²) in [7, 11) is -4.56. The van der Waals surface area contributed by atoms with Crippen LogP contribution >= 0.6 is 0 Å². The Kier molecular flexibility index (Phi) is 6.36. The molecule has 1 saturated heterocycles. The average Bonchev–Trinajstić information content (AvgIpc) is 2.74. The van der Waals surface area contributed by atoms with Gasteiger partial charge in [0.15, 0.2) is 0 Å². The molecule has 1 aliphatic rings. The fraction of sp³-hybridized carbons (Fsp3) is 0.350. The third-order valence-corrected chi connectivity index (χ3v) is 8.70. The predicted octanol–water partition coefficient (Wildman–Crippen LogP) is 1.65. The third kappa shape index (κ3) is 4.43. The molecule has 8 nitrogen and oxygen atoms in total. The minimum absolute atomic E-state index is 0.110. The van der Waals surface area contributed by atoms with Crippen LogP contribution < -0.4 is 10.6 Å². The number of rotatable bonds is 4. The zero-order valence-electron chi connectivity index (χ0n) is 17.1. The lowest BCUT2D eigenvalue weighted by molar-refractivity contribution is 0.360. The number of benzene rings is 1. The first kappa shape index (κ1) is 22.1. The van der Waals surface area contributed by atoms with Gasteiger partial charge in [-0.3, -0.25) is 0 Å². The van der Waals surface area contributed by atoms with E-state index in [4.69, 9.17) is 5.73 Å². The summed E-state index contributed by atoms with van der Waals surface area (Å²) in [4.78, 5) is 6.73. The van der Waals surface area contributed by atoms with E-state index in [1.54, 1.807) is 32.4 Å². The second-order valence-electron chi connectivity index (χ2n) is 6.86. The lowest BCUT2D eigenvalue weighted by Gasteiger charge is -2.39. The molecule has 0 radical (unpaired) electrons. The summed E-state index contributed by atoms with van der Waals surface area (Å²) in [6.07, 6.45) is 2.88. The molecule has 30 heavy (non-hydrogen) atoms. The van der Waals surface area contributed by atoms with Gasteiger partial charge in [0.25, 0.3) is 0 Å². The quantitative estimate of drug-likeness (QED) is 0.714. The van der Waals surface area contributed by atoms with Crippen molar-refractivity contribution in [3.8, 4) is 11.8 Å². The Morgan fingerprint density at radius 1 is 1.10 bits per heavy atom. The highest BCUT2D eigenvalue weighted by Crippen LogP contribution is 2.26. The summed E-state index contributed by atoms with van der Waals surface area (Å²) in [6.45, 7) is 2.74. The van der Waals surface area contributed by atoms with Gasteiger partial charge in [0.05, 0.1) is 9.73 Å². The van der Waals surface area contributed by atoms with Crippen LogP contribution in [0.1, 0.15) is 6.92 Å². The second-order valence-corrected chi connectivity index (χ2v) is 11.2. The van der Waals surface area contributed by atoms with Crippen LogP contribution in [-0.4, -0.2) is 60.9 Å². The molecule has 0 unspecified atom stereocenters. The van der Waals surface area contributed by atoms with Gasteiger partial charge in [0.2, 0.25) is 10.0 Å². The number of aromatic nitrogens is 1. The van der Waals surface area contributed by atoms with E-state index >= 15 is 0 Å². The number of hydrogen-bond acceptors (Lipinski definition) is 7. The Labute approximate surface area is 178 Å². The smallest absolute Gasteiger partial charge is 0.244 e. The molecule has 2 heterocycles. The fourth-order valence-corrected chi connectivity index (χ4v) is 5.50. The van der Waals surface area contributed by atoms with Gasteiger partial charge in [-0.15, -0.1) is 5.92 Å². The Hall–Kier alpha value is -2.61. The highest BCUT2D eigenvalue weighted by Gasteiger charge is 2.34. The van der Waals surface area contributed by atoms with Crippen molar-refractivity contribution in [2.45, 2.75) is 22.8 Å². The number of nitrogens with zero attached hydrogens (tertiary/aromatic N) is 4. The Balaban J connectivity index is 1.86. The second kappa shape index (κ2) is 8.63. The molecule has 1 fully saturated rings. The maximum Gasteiger partial charge on any atom is 0.244 e. The molecule has 0 bridgehead atoms. The van der Waals surface area contributed by atoms with E-state index in [-0.39, 0.29) is 23.3 Å². The van der Waals surface area contributed by atoms with Gasteiger partial charge < -0.3 is 10.6 Å². The lowest BCUT2D eigenvalue weighted by Crippen LogP contribution is -2.54. The summed E-state index contributed by atoms with van der Waals surface area (Å²) >= 11 is 0. The van der Waals surface area contributed by atoms with Crippen LogP contribution in [0.15, 0.2) is 56.7 Å². The molecule has 0 amide bonds. The first-order valence-electron chi connectivity index (χ1n) is 9.30. The van der Waals surface area contributed by atoms with E-state index in [0.29, 0.717) is 18.0 Å². The Morgan fingerprint density at radius 3 is 2.33 bits per heavy atom. The number of nitrogens with two attached hydrogens (primary N) is 1. The number of piperazine rings is 1. The number of sulfonamides is 1. The van der Waals surface area contributed by atoms with Gasteiger partial charge in [-0.2, -0.15) is 4.31 Å². The fourth-order valence-electron chi connectivity index (χ4n) is 3.26. The zero-order valence-corrected chi connectivity index (χ0v) is 18.8. The van der Waals surface area contributed by atoms with E-state index in [1.807, 2.05) is 12.1 Å². The summed E-state index contributed by atoms with van der Waals surface area (Å²) in [5.74, 6) is 6.28. The third-order valence-electron chi connectivity index (χ3n) is 5.01. The predicted molar refractivity (Wildman–Crippen MR) is 119 cm³/mol. The van der Waals surface area contributed by atoms with Gasteiger partial charge in [-0.1, -0.05) is 5.92 Å². The normalized spacial score (nSPS) is 19.4. The van der Waals surface area contributed by atoms with Crippen molar-refractivity contribution in [2.24, 2.45) is 4.36 Å². The summed E-state index contributed by atoms with van der Waals surface area (Å²) in [5.41, 5.74) is 6.46. The molecule has 2 atom stereocenters. The maximum absolute atomic E-state index is 13.0. The van der Waals surface area contributed by atoms with Crippen LogP contribution in [0.4, 0.5) is 11.5 Å². The van der Waals surface area contributed by atoms with Crippen molar-refractivity contribution in [3.63, 3.8) is 0 Å². The lowest BCUT2D eigenvalue weighted by atomic mass is 10.1. The van der Waals surface area contributed by atoms with Gasteiger partial charge in [-0.25, -0.2) is 22.0 Å². The van der Waals surface area contributed by atoms with Crippen molar-refractivity contribution in [1.82, 2.24) is 9.29 Å². The number of anilines is 2. The molecule has 1 aromatic heterocycles. The van der Waals surface area contributed by atoms with Crippen molar-refractivity contribution >= 4 is 31.3 Å². The largest absolute Gasteiger partial charge is 0.384 e. The highest BCUT2D eigenvalue weighted by molar-refractivity contribution is 7.93. The monoisotopic (exact) mass is 447 g/mol. The number of nitrogen functional groups attached to an aromatic ring is 1. The first-order chi connectivity index (χ1) is 14.2. The van der Waals surface area contributed by atoms with Crippen molar-refractivity contribution < 1.29 is 12.6 Å². The van der Waals surface area contributed by atoms with Gasteiger partial charge in [-0.05, 0) is 43.3 Å². The molecule has 2 aromatic rings. The van der Waals surface area contributed by atoms with E-state index in [0.717, 1.165) is 5.69 Å². The van der Waals surface area contributed by atoms with E-state index < -0.39 is 19.8 Å². The Bertz CT molecular complexity index is 1190. The number of hydrogen-bond donors (Lipinski definition) is 1. The SMILES string of the molecule is CC#C[C@H]1CN(S(=O)(=O)c2ccc(N)nc2)CCN1c1ccc([S@](C)(=O)=NC)cc1. The van der Waals surface area contributed by atoms with Crippen LogP contribution in [0.5, 0.6) is 0 Å². The molecular formula is C20H25N5O3S2. The molecule has 10 heteroatoms. The minimum Gasteiger partial charge on any atom is -0.384 e. The zero-order chi connectivity index (χ0) is 21.9. The average molecular weight is 448 g/mol. The molecule has 0 aliphatic carbocycles. The van der Waals surface area contributed by atoms with Crippen LogP contribution in [0.2, 0.25) is 0 Å². The molecule has 2 N–H and O–H groups in total. The van der Waals surface area contributed by atoms with E-state index in [1.165, 1.54) is 22.6 Å².